The van der Waals surface area contributed by atoms with Crippen LogP contribution in [0.2, 0.25) is 0 Å². The molecular formula is C8H5IN2O2. The zero-order valence-electron chi connectivity index (χ0n) is 6.53. The highest BCUT2D eigenvalue weighted by atomic mass is 127. The minimum absolute atomic E-state index is 0.0390. The Morgan fingerprint density at radius 2 is 2.23 bits per heavy atom. The summed E-state index contributed by atoms with van der Waals surface area (Å²) >= 11 is 1.99. The summed E-state index contributed by atoms with van der Waals surface area (Å²) in [5.41, 5.74) is 0.721. The van der Waals surface area contributed by atoms with Gasteiger partial charge in [0.15, 0.2) is 0 Å². The fourth-order valence-corrected chi connectivity index (χ4v) is 1.65. The maximum absolute atomic E-state index is 10.4. The second-order valence-corrected chi connectivity index (χ2v) is 3.66. The fraction of sp³-hybridized carbons (Fsp3) is 0.125. The molecule has 0 bridgehead atoms. The summed E-state index contributed by atoms with van der Waals surface area (Å²) in [6.45, 7) is 0. The minimum atomic E-state index is -0.455. The maximum Gasteiger partial charge on any atom is 0.270 e. The summed E-state index contributed by atoms with van der Waals surface area (Å²) in [5, 5.41) is 18.8. The zero-order chi connectivity index (χ0) is 9.84. The van der Waals surface area contributed by atoms with E-state index in [1.807, 2.05) is 28.7 Å². The van der Waals surface area contributed by atoms with Gasteiger partial charge in [0.1, 0.15) is 0 Å². The van der Waals surface area contributed by atoms with Crippen LogP contribution in [0.5, 0.6) is 0 Å². The van der Waals surface area contributed by atoms with E-state index in [4.69, 9.17) is 5.26 Å². The number of benzene rings is 1. The molecule has 4 nitrogen and oxygen atoms in total. The van der Waals surface area contributed by atoms with Gasteiger partial charge in [-0.1, -0.05) is 0 Å². The number of nitrogens with zero attached hydrogens (tertiary/aromatic N) is 2. The van der Waals surface area contributed by atoms with Crippen molar-refractivity contribution in [1.82, 2.24) is 0 Å². The average Bonchev–Trinajstić information content (AvgIpc) is 2.03. The van der Waals surface area contributed by atoms with Crippen LogP contribution >= 0.6 is 22.6 Å². The Kier molecular flexibility index (Phi) is 3.19. The minimum Gasteiger partial charge on any atom is -0.258 e. The maximum atomic E-state index is 10.4. The van der Waals surface area contributed by atoms with Crippen LogP contribution in [-0.4, -0.2) is 4.92 Å². The molecule has 0 N–H and O–H groups in total. The first-order valence-electron chi connectivity index (χ1n) is 3.44. The Balaban J connectivity index is 3.12. The predicted molar refractivity (Wildman–Crippen MR) is 55.1 cm³/mol. The van der Waals surface area contributed by atoms with Gasteiger partial charge in [-0.2, -0.15) is 5.26 Å². The van der Waals surface area contributed by atoms with E-state index in [1.165, 1.54) is 12.1 Å². The summed E-state index contributed by atoms with van der Waals surface area (Å²) in [4.78, 5) is 9.97. The van der Waals surface area contributed by atoms with E-state index in [0.29, 0.717) is 5.56 Å². The van der Waals surface area contributed by atoms with Crippen LogP contribution in [-0.2, 0) is 6.42 Å². The van der Waals surface area contributed by atoms with E-state index >= 15 is 0 Å². The number of hydrogen-bond acceptors (Lipinski definition) is 3. The molecule has 5 heteroatoms. The smallest absolute Gasteiger partial charge is 0.258 e. The predicted octanol–water partition coefficient (Wildman–Crippen LogP) is 2.27. The molecule has 0 fully saturated rings. The highest BCUT2D eigenvalue weighted by Crippen LogP contribution is 2.18. The molecule has 0 saturated heterocycles. The van der Waals surface area contributed by atoms with E-state index in [2.05, 4.69) is 0 Å². The quantitative estimate of drug-likeness (QED) is 0.476. The van der Waals surface area contributed by atoms with Crippen LogP contribution < -0.4 is 0 Å². The first-order valence-corrected chi connectivity index (χ1v) is 4.52. The standard InChI is InChI=1S/C8H5IN2O2/c9-7-3-6(1-2-10)4-8(5-7)11(12)13/h3-5H,1H2. The number of halogens is 1. The molecule has 1 aromatic carbocycles. The van der Waals surface area contributed by atoms with Crippen molar-refractivity contribution in [1.29, 1.82) is 5.26 Å². The van der Waals surface area contributed by atoms with Crippen molar-refractivity contribution in [3.05, 3.63) is 37.4 Å². The third kappa shape index (κ3) is 2.66. The first-order chi connectivity index (χ1) is 6.13. The molecule has 0 heterocycles. The molecule has 0 aliphatic rings. The van der Waals surface area contributed by atoms with E-state index < -0.39 is 4.92 Å². The lowest BCUT2D eigenvalue weighted by Crippen LogP contribution is -1.91. The average molecular weight is 288 g/mol. The van der Waals surface area contributed by atoms with Crippen molar-refractivity contribution in [3.63, 3.8) is 0 Å². The number of nitro groups is 1. The highest BCUT2D eigenvalue weighted by Gasteiger charge is 2.07. The van der Waals surface area contributed by atoms with Crippen molar-refractivity contribution in [2.24, 2.45) is 0 Å². The summed E-state index contributed by atoms with van der Waals surface area (Å²) < 4.78 is 0.775. The number of rotatable bonds is 2. The van der Waals surface area contributed by atoms with Gasteiger partial charge in [-0.15, -0.1) is 0 Å². The molecule has 0 unspecified atom stereocenters. The van der Waals surface area contributed by atoms with Crippen molar-refractivity contribution >= 4 is 28.3 Å². The molecule has 0 atom stereocenters. The third-order valence-corrected chi connectivity index (χ3v) is 2.06. The van der Waals surface area contributed by atoms with Gasteiger partial charge < -0.3 is 0 Å². The van der Waals surface area contributed by atoms with E-state index in [9.17, 15) is 10.1 Å². The number of hydrogen-bond donors (Lipinski definition) is 0. The van der Waals surface area contributed by atoms with Crippen molar-refractivity contribution in [3.8, 4) is 6.07 Å². The second kappa shape index (κ2) is 4.18. The zero-order valence-corrected chi connectivity index (χ0v) is 8.69. The summed E-state index contributed by atoms with van der Waals surface area (Å²) in [6, 6.07) is 6.61. The number of nitro benzene ring substituents is 1. The Bertz CT molecular complexity index is 384. The van der Waals surface area contributed by atoms with Crippen molar-refractivity contribution in [2.75, 3.05) is 0 Å². The molecule has 0 radical (unpaired) electrons. The molecule has 13 heavy (non-hydrogen) atoms. The molecule has 0 saturated carbocycles. The topological polar surface area (TPSA) is 66.9 Å². The molecule has 0 amide bonds. The third-order valence-electron chi connectivity index (χ3n) is 1.44. The normalized spacial score (nSPS) is 9.23. The molecule has 66 valence electrons. The highest BCUT2D eigenvalue weighted by molar-refractivity contribution is 14.1. The van der Waals surface area contributed by atoms with Crippen LogP contribution in [0.4, 0.5) is 5.69 Å². The van der Waals surface area contributed by atoms with Gasteiger partial charge >= 0.3 is 0 Å². The van der Waals surface area contributed by atoms with Crippen LogP contribution in [0.15, 0.2) is 18.2 Å². The number of non-ortho nitro benzene ring substituents is 1. The van der Waals surface area contributed by atoms with Crippen LogP contribution in [0.3, 0.4) is 0 Å². The van der Waals surface area contributed by atoms with Crippen LogP contribution in [0, 0.1) is 25.0 Å². The lowest BCUT2D eigenvalue weighted by atomic mass is 10.1. The molecule has 1 rings (SSSR count). The SMILES string of the molecule is N#CCc1cc(I)cc([N+](=O)[O-])c1. The second-order valence-electron chi connectivity index (χ2n) is 2.41. The monoisotopic (exact) mass is 288 g/mol. The van der Waals surface area contributed by atoms with Gasteiger partial charge in [0, 0.05) is 15.7 Å². The van der Waals surface area contributed by atoms with Crippen molar-refractivity contribution in [2.45, 2.75) is 6.42 Å². The first kappa shape index (κ1) is 9.92. The summed E-state index contributed by atoms with van der Waals surface area (Å²) in [5.74, 6) is 0. The Labute approximate surface area is 88.5 Å². The molecule has 0 aliphatic heterocycles. The molecule has 0 aromatic heterocycles. The van der Waals surface area contributed by atoms with Gasteiger partial charge in [-0.3, -0.25) is 10.1 Å². The van der Waals surface area contributed by atoms with Gasteiger partial charge in [0.2, 0.25) is 0 Å². The van der Waals surface area contributed by atoms with Crippen molar-refractivity contribution < 1.29 is 4.92 Å². The van der Waals surface area contributed by atoms with Gasteiger partial charge in [-0.25, -0.2) is 0 Å². The Morgan fingerprint density at radius 1 is 1.54 bits per heavy atom. The summed E-state index contributed by atoms with van der Waals surface area (Å²) in [7, 11) is 0. The lowest BCUT2D eigenvalue weighted by molar-refractivity contribution is -0.385. The van der Waals surface area contributed by atoms with Crippen LogP contribution in [0.1, 0.15) is 5.56 Å². The van der Waals surface area contributed by atoms with Crippen LogP contribution in [0.25, 0.3) is 0 Å². The van der Waals surface area contributed by atoms with Gasteiger partial charge in [0.25, 0.3) is 5.69 Å². The van der Waals surface area contributed by atoms with E-state index in [1.54, 1.807) is 6.07 Å². The molecule has 0 aliphatic carbocycles. The lowest BCUT2D eigenvalue weighted by Gasteiger charge is -1.96. The summed E-state index contributed by atoms with van der Waals surface area (Å²) in [6.07, 6.45) is 0.206. The van der Waals surface area contributed by atoms with E-state index in [-0.39, 0.29) is 12.1 Å². The van der Waals surface area contributed by atoms with Gasteiger partial charge in [0.05, 0.1) is 17.4 Å². The number of nitriles is 1. The fourth-order valence-electron chi connectivity index (χ4n) is 0.932. The van der Waals surface area contributed by atoms with Gasteiger partial charge in [-0.05, 0) is 34.2 Å². The largest absolute Gasteiger partial charge is 0.270 e. The Hall–Kier alpha value is -1.16. The molecule has 1 aromatic rings. The molecule has 0 spiro atoms. The Morgan fingerprint density at radius 3 is 2.77 bits per heavy atom. The van der Waals surface area contributed by atoms with E-state index in [0.717, 1.165) is 3.57 Å². The molecular weight excluding hydrogens is 283 g/mol.